The zero-order valence-electron chi connectivity index (χ0n) is 18.2. The van der Waals surface area contributed by atoms with Crippen molar-refractivity contribution < 1.29 is 9.59 Å². The summed E-state index contributed by atoms with van der Waals surface area (Å²) < 4.78 is 0. The molecule has 0 radical (unpaired) electrons. The molecular formula is C25H32N2O2S. The predicted molar refractivity (Wildman–Crippen MR) is 124 cm³/mol. The van der Waals surface area contributed by atoms with Crippen molar-refractivity contribution in [3.63, 3.8) is 0 Å². The maximum Gasteiger partial charge on any atom is 0.227 e. The van der Waals surface area contributed by atoms with Crippen molar-refractivity contribution in [2.75, 3.05) is 19.6 Å². The summed E-state index contributed by atoms with van der Waals surface area (Å²) >= 11 is 1.72. The number of amides is 2. The average Bonchev–Trinajstić information content (AvgIpc) is 3.27. The lowest BCUT2D eigenvalue weighted by Crippen LogP contribution is -2.53. The highest BCUT2D eigenvalue weighted by Gasteiger charge is 2.43. The molecule has 2 heterocycles. The van der Waals surface area contributed by atoms with E-state index in [9.17, 15) is 9.59 Å². The van der Waals surface area contributed by atoms with Gasteiger partial charge >= 0.3 is 0 Å². The van der Waals surface area contributed by atoms with E-state index in [1.54, 1.807) is 17.4 Å². The van der Waals surface area contributed by atoms with Crippen LogP contribution >= 0.6 is 11.3 Å². The smallest absolute Gasteiger partial charge is 0.227 e. The summed E-state index contributed by atoms with van der Waals surface area (Å²) in [5.41, 5.74) is 1.45. The maximum absolute atomic E-state index is 13.1. The predicted octanol–water partition coefficient (Wildman–Crippen LogP) is 4.91. The highest BCUT2D eigenvalue weighted by atomic mass is 32.1. The van der Waals surface area contributed by atoms with Crippen LogP contribution in [0.5, 0.6) is 0 Å². The number of likely N-dealkylation sites (tertiary alicyclic amines) is 1. The van der Waals surface area contributed by atoms with Gasteiger partial charge in [0, 0.05) is 29.9 Å². The lowest BCUT2D eigenvalue weighted by molar-refractivity contribution is -0.145. The van der Waals surface area contributed by atoms with Gasteiger partial charge in [0.1, 0.15) is 0 Å². The number of nitrogens with zero attached hydrogens (tertiary/aromatic N) is 1. The zero-order valence-corrected chi connectivity index (χ0v) is 19.1. The van der Waals surface area contributed by atoms with E-state index in [1.165, 1.54) is 10.4 Å². The molecule has 1 aromatic heterocycles. The third-order valence-corrected chi connectivity index (χ3v) is 6.76. The number of rotatable bonds is 6. The molecule has 0 bridgehead atoms. The van der Waals surface area contributed by atoms with E-state index in [2.05, 4.69) is 53.7 Å². The van der Waals surface area contributed by atoms with Gasteiger partial charge in [-0.1, -0.05) is 57.2 Å². The monoisotopic (exact) mass is 424 g/mol. The van der Waals surface area contributed by atoms with Gasteiger partial charge in [-0.2, -0.15) is 0 Å². The topological polar surface area (TPSA) is 49.4 Å². The van der Waals surface area contributed by atoms with Gasteiger partial charge in [-0.05, 0) is 41.8 Å². The first-order valence-corrected chi connectivity index (χ1v) is 11.4. The Hall–Kier alpha value is -2.40. The van der Waals surface area contributed by atoms with E-state index in [4.69, 9.17) is 0 Å². The lowest BCUT2D eigenvalue weighted by Gasteiger charge is -2.42. The van der Waals surface area contributed by atoms with Crippen LogP contribution in [0.25, 0.3) is 10.4 Å². The Kier molecular flexibility index (Phi) is 6.81. The summed E-state index contributed by atoms with van der Waals surface area (Å²) in [6.45, 7) is 11.2. The summed E-state index contributed by atoms with van der Waals surface area (Å²) in [6, 6.07) is 12.7. The van der Waals surface area contributed by atoms with Crippen molar-refractivity contribution in [1.29, 1.82) is 0 Å². The first-order valence-electron chi connectivity index (χ1n) is 10.6. The quantitative estimate of drug-likeness (QED) is 0.670. The van der Waals surface area contributed by atoms with Gasteiger partial charge in [-0.15, -0.1) is 17.9 Å². The molecule has 1 N–H and O–H groups in total. The van der Waals surface area contributed by atoms with Crippen LogP contribution in [0.1, 0.15) is 39.2 Å². The molecule has 1 aliphatic heterocycles. The van der Waals surface area contributed by atoms with E-state index in [0.717, 1.165) is 5.56 Å². The molecule has 0 saturated carbocycles. The normalized spacial score (nSPS) is 16.2. The van der Waals surface area contributed by atoms with Gasteiger partial charge in [0.15, 0.2) is 0 Å². The molecule has 5 heteroatoms. The van der Waals surface area contributed by atoms with Crippen LogP contribution in [0.3, 0.4) is 0 Å². The van der Waals surface area contributed by atoms with Gasteiger partial charge in [-0.3, -0.25) is 9.59 Å². The Morgan fingerprint density at radius 3 is 2.37 bits per heavy atom. The molecule has 1 aliphatic rings. The van der Waals surface area contributed by atoms with Crippen molar-refractivity contribution in [2.45, 2.75) is 40.0 Å². The molecule has 1 fully saturated rings. The van der Waals surface area contributed by atoms with Crippen LogP contribution in [0.2, 0.25) is 0 Å². The van der Waals surface area contributed by atoms with Crippen LogP contribution in [-0.4, -0.2) is 36.3 Å². The van der Waals surface area contributed by atoms with E-state index in [-0.39, 0.29) is 11.8 Å². The first kappa shape index (κ1) is 22.3. The summed E-state index contributed by atoms with van der Waals surface area (Å²) in [7, 11) is 0. The molecule has 2 amide bonds. The number of hydrogen-bond acceptors (Lipinski definition) is 3. The van der Waals surface area contributed by atoms with E-state index in [0.29, 0.717) is 38.9 Å². The first-order chi connectivity index (χ1) is 14.2. The molecule has 2 aromatic rings. The van der Waals surface area contributed by atoms with E-state index in [1.807, 2.05) is 25.7 Å². The Labute approximate surface area is 184 Å². The molecule has 0 spiro atoms. The number of carbonyl (C=O) groups excluding carboxylic acids is 2. The minimum Gasteiger partial charge on any atom is -0.352 e. The van der Waals surface area contributed by atoms with Gasteiger partial charge in [0.2, 0.25) is 11.8 Å². The highest BCUT2D eigenvalue weighted by Crippen LogP contribution is 2.37. The fourth-order valence-electron chi connectivity index (χ4n) is 4.07. The summed E-state index contributed by atoms with van der Waals surface area (Å²) in [5.74, 6) is 0.218. The van der Waals surface area contributed by atoms with Crippen molar-refractivity contribution in [1.82, 2.24) is 10.2 Å². The molecular weight excluding hydrogens is 392 g/mol. The van der Waals surface area contributed by atoms with E-state index >= 15 is 0 Å². The largest absolute Gasteiger partial charge is 0.352 e. The van der Waals surface area contributed by atoms with Crippen LogP contribution in [0.4, 0.5) is 0 Å². The van der Waals surface area contributed by atoms with Crippen molar-refractivity contribution in [3.8, 4) is 10.4 Å². The number of benzene rings is 1. The molecule has 30 heavy (non-hydrogen) atoms. The fourth-order valence-corrected chi connectivity index (χ4v) is 4.80. The number of carbonyl (C=O) groups is 2. The molecule has 0 aliphatic carbocycles. The van der Waals surface area contributed by atoms with Gasteiger partial charge < -0.3 is 10.2 Å². The van der Waals surface area contributed by atoms with E-state index < -0.39 is 10.8 Å². The molecule has 160 valence electrons. The molecule has 1 aromatic carbocycles. The lowest BCUT2D eigenvalue weighted by atomic mass is 9.72. The van der Waals surface area contributed by atoms with Gasteiger partial charge in [0.25, 0.3) is 0 Å². The summed E-state index contributed by atoms with van der Waals surface area (Å²) in [6.07, 6.45) is 3.73. The SMILES string of the molecule is C=CCNC(=O)C1(Cc2ccc(-c3cccs3)cc2)CCN(C(=O)C(C)(C)C)CC1. The van der Waals surface area contributed by atoms with Crippen LogP contribution in [0, 0.1) is 10.8 Å². The average molecular weight is 425 g/mol. The van der Waals surface area contributed by atoms with Gasteiger partial charge in [-0.25, -0.2) is 0 Å². The molecule has 4 nitrogen and oxygen atoms in total. The highest BCUT2D eigenvalue weighted by molar-refractivity contribution is 7.13. The minimum atomic E-state index is -0.498. The third-order valence-electron chi connectivity index (χ3n) is 5.84. The second kappa shape index (κ2) is 9.17. The summed E-state index contributed by atoms with van der Waals surface area (Å²) in [4.78, 5) is 29.0. The maximum atomic E-state index is 13.1. The molecule has 3 rings (SSSR count). The van der Waals surface area contributed by atoms with Crippen molar-refractivity contribution in [3.05, 3.63) is 60.0 Å². The zero-order chi connectivity index (χ0) is 21.8. The number of nitrogens with one attached hydrogen (secondary N) is 1. The van der Waals surface area contributed by atoms with Crippen LogP contribution in [-0.2, 0) is 16.0 Å². The third kappa shape index (κ3) is 5.01. The van der Waals surface area contributed by atoms with Crippen LogP contribution in [0.15, 0.2) is 54.4 Å². The Bertz CT molecular complexity index is 871. The van der Waals surface area contributed by atoms with Crippen molar-refractivity contribution in [2.24, 2.45) is 10.8 Å². The minimum absolute atomic E-state index is 0.0626. The standard InChI is InChI=1S/C25H32N2O2S/c1-5-14-26-22(28)25(12-15-27(16-13-25)23(29)24(2,3)4)18-19-8-10-20(11-9-19)21-7-6-17-30-21/h5-11,17H,1,12-16,18H2,2-4H3,(H,26,28). The summed E-state index contributed by atoms with van der Waals surface area (Å²) in [5, 5.41) is 5.09. The molecule has 0 atom stereocenters. The Balaban J connectivity index is 1.77. The number of hydrogen-bond donors (Lipinski definition) is 1. The molecule has 1 saturated heterocycles. The Morgan fingerprint density at radius 2 is 1.83 bits per heavy atom. The second-order valence-electron chi connectivity index (χ2n) is 9.17. The fraction of sp³-hybridized carbons (Fsp3) is 0.440. The second-order valence-corrected chi connectivity index (χ2v) is 10.1. The molecule has 0 unspecified atom stereocenters. The Morgan fingerprint density at radius 1 is 1.17 bits per heavy atom. The van der Waals surface area contributed by atoms with Crippen LogP contribution < -0.4 is 5.32 Å². The number of piperidine rings is 1. The van der Waals surface area contributed by atoms with Gasteiger partial charge in [0.05, 0.1) is 5.41 Å². The van der Waals surface area contributed by atoms with Crippen molar-refractivity contribution >= 4 is 23.2 Å². The number of thiophene rings is 1.